The van der Waals surface area contributed by atoms with Gasteiger partial charge in [0, 0.05) is 18.0 Å². The maximum absolute atomic E-state index is 11.6. The molecule has 1 N–H and O–H groups in total. The number of carbonyl (C=O) groups is 1. The molecular formula is C15H23N3OS. The first-order valence-corrected chi connectivity index (χ1v) is 8.22. The minimum absolute atomic E-state index is 0.0331. The lowest BCUT2D eigenvalue weighted by Crippen LogP contribution is -2.33. The quantitative estimate of drug-likeness (QED) is 0.647. The number of thiazole rings is 1. The molecule has 1 aromatic heterocycles. The van der Waals surface area contributed by atoms with Crippen molar-refractivity contribution in [3.8, 4) is 0 Å². The van der Waals surface area contributed by atoms with Gasteiger partial charge in [0.15, 0.2) is 0 Å². The lowest BCUT2D eigenvalue weighted by molar-refractivity contribution is -0.116. The fraction of sp³-hybridized carbons (Fsp3) is 0.600. The van der Waals surface area contributed by atoms with Gasteiger partial charge in [0.2, 0.25) is 5.91 Å². The lowest BCUT2D eigenvalue weighted by Gasteiger charge is -2.26. The molecule has 20 heavy (non-hydrogen) atoms. The molecule has 0 saturated carbocycles. The van der Waals surface area contributed by atoms with E-state index in [-0.39, 0.29) is 5.91 Å². The molecule has 110 valence electrons. The standard InChI is InChI=1S/C15H23N3OS/c1-13-17-14(12-20-13)6-7-15(19)16-8-5-11-18-9-3-2-4-10-18/h6-7,12H,2-5,8-11H2,1H3,(H,16,19)/b7-6+. The molecule has 1 amide bonds. The van der Waals surface area contributed by atoms with Gasteiger partial charge in [-0.25, -0.2) is 4.98 Å². The molecule has 0 spiro atoms. The zero-order valence-corrected chi connectivity index (χ0v) is 12.9. The van der Waals surface area contributed by atoms with Crippen molar-refractivity contribution in [3.63, 3.8) is 0 Å². The van der Waals surface area contributed by atoms with E-state index in [9.17, 15) is 4.79 Å². The fourth-order valence-corrected chi connectivity index (χ4v) is 2.95. The molecule has 0 aliphatic carbocycles. The summed E-state index contributed by atoms with van der Waals surface area (Å²) in [4.78, 5) is 18.4. The minimum Gasteiger partial charge on any atom is -0.353 e. The Hall–Kier alpha value is -1.20. The molecule has 1 aliphatic rings. The summed E-state index contributed by atoms with van der Waals surface area (Å²) in [5, 5.41) is 5.90. The van der Waals surface area contributed by atoms with Crippen LogP contribution in [0.25, 0.3) is 6.08 Å². The third kappa shape index (κ3) is 5.43. The molecule has 1 fully saturated rings. The summed E-state index contributed by atoms with van der Waals surface area (Å²) in [6, 6.07) is 0. The Morgan fingerprint density at radius 1 is 1.45 bits per heavy atom. The highest BCUT2D eigenvalue weighted by atomic mass is 32.1. The van der Waals surface area contributed by atoms with Gasteiger partial charge in [0.1, 0.15) is 0 Å². The number of aromatic nitrogens is 1. The molecule has 0 radical (unpaired) electrons. The highest BCUT2D eigenvalue weighted by Gasteiger charge is 2.08. The number of piperidine rings is 1. The van der Waals surface area contributed by atoms with E-state index in [4.69, 9.17) is 0 Å². The van der Waals surface area contributed by atoms with E-state index < -0.39 is 0 Å². The van der Waals surface area contributed by atoms with E-state index in [1.807, 2.05) is 12.3 Å². The summed E-state index contributed by atoms with van der Waals surface area (Å²) in [6.07, 6.45) is 8.37. The zero-order chi connectivity index (χ0) is 14.2. The van der Waals surface area contributed by atoms with E-state index in [1.54, 1.807) is 23.5 Å². The van der Waals surface area contributed by atoms with E-state index >= 15 is 0 Å². The third-order valence-electron chi connectivity index (χ3n) is 3.44. The Bertz CT molecular complexity index is 450. The number of amides is 1. The number of aryl methyl sites for hydroxylation is 1. The highest BCUT2D eigenvalue weighted by Crippen LogP contribution is 2.09. The second-order valence-electron chi connectivity index (χ2n) is 5.17. The zero-order valence-electron chi connectivity index (χ0n) is 12.1. The third-order valence-corrected chi connectivity index (χ3v) is 4.23. The van der Waals surface area contributed by atoms with Gasteiger partial charge >= 0.3 is 0 Å². The molecule has 0 atom stereocenters. The first-order chi connectivity index (χ1) is 9.74. The number of hydrogen-bond acceptors (Lipinski definition) is 4. The summed E-state index contributed by atoms with van der Waals surface area (Å²) >= 11 is 1.59. The Morgan fingerprint density at radius 2 is 2.25 bits per heavy atom. The topological polar surface area (TPSA) is 45.2 Å². The van der Waals surface area contributed by atoms with E-state index in [1.165, 1.54) is 32.4 Å². The molecule has 1 aliphatic heterocycles. The Labute approximate surface area is 124 Å². The van der Waals surface area contributed by atoms with Gasteiger partial charge in [0.05, 0.1) is 10.7 Å². The Balaban J connectivity index is 1.59. The summed E-state index contributed by atoms with van der Waals surface area (Å²) in [5.74, 6) is -0.0331. The second-order valence-corrected chi connectivity index (χ2v) is 6.23. The number of nitrogens with one attached hydrogen (secondary N) is 1. The van der Waals surface area contributed by atoms with Crippen molar-refractivity contribution in [2.24, 2.45) is 0 Å². The van der Waals surface area contributed by atoms with E-state index in [0.717, 1.165) is 30.2 Å². The van der Waals surface area contributed by atoms with Crippen LogP contribution in [0.2, 0.25) is 0 Å². The van der Waals surface area contributed by atoms with Crippen molar-refractivity contribution in [3.05, 3.63) is 22.2 Å². The van der Waals surface area contributed by atoms with Crippen LogP contribution >= 0.6 is 11.3 Å². The maximum Gasteiger partial charge on any atom is 0.244 e. The molecule has 2 heterocycles. The van der Waals surface area contributed by atoms with Crippen LogP contribution in [0.4, 0.5) is 0 Å². The van der Waals surface area contributed by atoms with E-state index in [2.05, 4.69) is 15.2 Å². The van der Waals surface area contributed by atoms with Crippen LogP contribution < -0.4 is 5.32 Å². The van der Waals surface area contributed by atoms with Gasteiger partial charge in [-0.3, -0.25) is 4.79 Å². The number of likely N-dealkylation sites (tertiary alicyclic amines) is 1. The van der Waals surface area contributed by atoms with Crippen molar-refractivity contribution in [2.75, 3.05) is 26.2 Å². The first-order valence-electron chi connectivity index (χ1n) is 7.34. The molecule has 1 aromatic rings. The Morgan fingerprint density at radius 3 is 2.95 bits per heavy atom. The molecule has 0 aromatic carbocycles. The number of carbonyl (C=O) groups excluding carboxylic acids is 1. The lowest BCUT2D eigenvalue weighted by atomic mass is 10.1. The SMILES string of the molecule is Cc1nc(/C=C/C(=O)NCCCN2CCCCC2)cs1. The van der Waals surface area contributed by atoms with Crippen molar-refractivity contribution in [1.29, 1.82) is 0 Å². The van der Waals surface area contributed by atoms with Gasteiger partial charge < -0.3 is 10.2 Å². The number of hydrogen-bond donors (Lipinski definition) is 1. The summed E-state index contributed by atoms with van der Waals surface area (Å²) in [5.41, 5.74) is 0.857. The van der Waals surface area contributed by atoms with Crippen LogP contribution in [-0.2, 0) is 4.79 Å². The van der Waals surface area contributed by atoms with E-state index in [0.29, 0.717) is 0 Å². The predicted octanol–water partition coefficient (Wildman–Crippen LogP) is 2.46. The van der Waals surface area contributed by atoms with Gasteiger partial charge in [-0.15, -0.1) is 11.3 Å². The second kappa shape index (κ2) is 8.17. The van der Waals surface area contributed by atoms with Crippen LogP contribution in [0.1, 0.15) is 36.4 Å². The smallest absolute Gasteiger partial charge is 0.244 e. The fourth-order valence-electron chi connectivity index (χ4n) is 2.37. The average Bonchev–Trinajstić information content (AvgIpc) is 2.88. The highest BCUT2D eigenvalue weighted by molar-refractivity contribution is 7.09. The van der Waals surface area contributed by atoms with Crippen LogP contribution in [0.3, 0.4) is 0 Å². The van der Waals surface area contributed by atoms with Gasteiger partial charge in [-0.05, 0) is 51.9 Å². The molecule has 4 nitrogen and oxygen atoms in total. The summed E-state index contributed by atoms with van der Waals surface area (Å²) < 4.78 is 0. The molecule has 5 heteroatoms. The minimum atomic E-state index is -0.0331. The summed E-state index contributed by atoms with van der Waals surface area (Å²) in [7, 11) is 0. The van der Waals surface area contributed by atoms with Gasteiger partial charge in [0.25, 0.3) is 0 Å². The molecule has 0 bridgehead atoms. The normalized spacial score (nSPS) is 16.6. The van der Waals surface area contributed by atoms with Gasteiger partial charge in [-0.1, -0.05) is 6.42 Å². The monoisotopic (exact) mass is 293 g/mol. The molecule has 0 unspecified atom stereocenters. The maximum atomic E-state index is 11.6. The van der Waals surface area contributed by atoms with Crippen molar-refractivity contribution in [2.45, 2.75) is 32.6 Å². The van der Waals surface area contributed by atoms with Gasteiger partial charge in [-0.2, -0.15) is 0 Å². The van der Waals surface area contributed by atoms with Crippen LogP contribution in [0, 0.1) is 6.92 Å². The summed E-state index contributed by atoms with van der Waals surface area (Å²) in [6.45, 7) is 6.24. The first kappa shape index (κ1) is 15.2. The van der Waals surface area contributed by atoms with Crippen LogP contribution in [0.15, 0.2) is 11.5 Å². The van der Waals surface area contributed by atoms with Crippen molar-refractivity contribution >= 4 is 23.3 Å². The van der Waals surface area contributed by atoms with Crippen LogP contribution in [-0.4, -0.2) is 42.0 Å². The molecule has 2 rings (SSSR count). The van der Waals surface area contributed by atoms with Crippen LogP contribution in [0.5, 0.6) is 0 Å². The van der Waals surface area contributed by atoms with Crippen molar-refractivity contribution in [1.82, 2.24) is 15.2 Å². The largest absolute Gasteiger partial charge is 0.353 e. The Kier molecular flexibility index (Phi) is 6.21. The predicted molar refractivity (Wildman–Crippen MR) is 83.8 cm³/mol. The molecule has 1 saturated heterocycles. The number of rotatable bonds is 6. The molecular weight excluding hydrogens is 270 g/mol. The van der Waals surface area contributed by atoms with Crippen molar-refractivity contribution < 1.29 is 4.79 Å². The number of nitrogens with zero attached hydrogens (tertiary/aromatic N) is 2. The average molecular weight is 293 g/mol.